The zero-order valence-electron chi connectivity index (χ0n) is 11.2. The van der Waals surface area contributed by atoms with Crippen molar-refractivity contribution in [3.63, 3.8) is 0 Å². The molecule has 0 aliphatic heterocycles. The third-order valence-electron chi connectivity index (χ3n) is 3.36. The molecule has 0 radical (unpaired) electrons. The predicted octanol–water partition coefficient (Wildman–Crippen LogP) is 2.93. The molecule has 1 amide bonds. The molecule has 0 atom stereocenters. The lowest BCUT2D eigenvalue weighted by Gasteiger charge is -2.21. The number of hydrogen-bond acceptors (Lipinski definition) is 3. The number of aryl methyl sites for hydroxylation is 1. The summed E-state index contributed by atoms with van der Waals surface area (Å²) >= 11 is 0. The number of hydrogen-bond donors (Lipinski definition) is 0. The Morgan fingerprint density at radius 3 is 2.85 bits per heavy atom. The minimum atomic E-state index is -0.723. The summed E-state index contributed by atoms with van der Waals surface area (Å²) in [6.07, 6.45) is 3.24. The van der Waals surface area contributed by atoms with E-state index in [0.29, 0.717) is 12.3 Å². The Labute approximate surface area is 116 Å². The highest BCUT2D eigenvalue weighted by Gasteiger charge is 2.34. The lowest BCUT2D eigenvalue weighted by atomic mass is 10.2. The van der Waals surface area contributed by atoms with Crippen molar-refractivity contribution in [2.24, 2.45) is 0 Å². The van der Waals surface area contributed by atoms with Crippen molar-refractivity contribution in [1.29, 1.82) is 0 Å². The lowest BCUT2D eigenvalue weighted by Crippen LogP contribution is -2.33. The first-order valence-corrected chi connectivity index (χ1v) is 6.62. The smallest absolute Gasteiger partial charge is 0.259 e. The zero-order valence-corrected chi connectivity index (χ0v) is 11.2. The Kier molecular flexibility index (Phi) is 3.26. The van der Waals surface area contributed by atoms with E-state index in [1.165, 1.54) is 12.3 Å². The molecule has 0 saturated heterocycles. The third-order valence-corrected chi connectivity index (χ3v) is 3.36. The van der Waals surface area contributed by atoms with Crippen LogP contribution in [-0.2, 0) is 6.54 Å². The first-order valence-electron chi connectivity index (χ1n) is 6.62. The Morgan fingerprint density at radius 1 is 1.45 bits per heavy atom. The molecule has 1 fully saturated rings. The van der Waals surface area contributed by atoms with Crippen LogP contribution in [0.5, 0.6) is 0 Å². The number of nitrogens with zero attached hydrogens (tertiary/aromatic N) is 2. The molecular weight excluding hydrogens is 259 g/mol. The zero-order chi connectivity index (χ0) is 14.1. The molecule has 4 nitrogen and oxygen atoms in total. The number of pyridine rings is 1. The molecule has 20 heavy (non-hydrogen) atoms. The van der Waals surface area contributed by atoms with Crippen LogP contribution in [0.25, 0.3) is 0 Å². The summed E-state index contributed by atoms with van der Waals surface area (Å²) < 4.78 is 19.1. The van der Waals surface area contributed by atoms with Crippen LogP contribution in [-0.4, -0.2) is 21.8 Å². The molecule has 1 aliphatic rings. The van der Waals surface area contributed by atoms with Crippen LogP contribution in [0.1, 0.15) is 34.7 Å². The predicted molar refractivity (Wildman–Crippen MR) is 70.5 cm³/mol. The van der Waals surface area contributed by atoms with Crippen molar-refractivity contribution < 1.29 is 13.6 Å². The summed E-state index contributed by atoms with van der Waals surface area (Å²) in [6.45, 7) is 2.22. The van der Waals surface area contributed by atoms with Gasteiger partial charge in [0.25, 0.3) is 5.91 Å². The molecule has 2 heterocycles. The van der Waals surface area contributed by atoms with Crippen LogP contribution >= 0.6 is 0 Å². The van der Waals surface area contributed by atoms with Gasteiger partial charge in [0.05, 0.1) is 12.1 Å². The van der Waals surface area contributed by atoms with E-state index >= 15 is 0 Å². The Morgan fingerprint density at radius 2 is 2.25 bits per heavy atom. The van der Waals surface area contributed by atoms with Crippen molar-refractivity contribution in [3.05, 3.63) is 53.5 Å². The first kappa shape index (κ1) is 12.8. The second-order valence-corrected chi connectivity index (χ2v) is 5.02. The van der Waals surface area contributed by atoms with Crippen molar-refractivity contribution in [3.8, 4) is 0 Å². The molecule has 5 heteroatoms. The van der Waals surface area contributed by atoms with Crippen LogP contribution in [0.4, 0.5) is 4.39 Å². The van der Waals surface area contributed by atoms with Gasteiger partial charge in [0.2, 0.25) is 5.95 Å². The number of halogens is 1. The van der Waals surface area contributed by atoms with Gasteiger partial charge in [-0.1, -0.05) is 0 Å². The fourth-order valence-corrected chi connectivity index (χ4v) is 2.19. The van der Waals surface area contributed by atoms with E-state index in [1.54, 1.807) is 11.0 Å². The quantitative estimate of drug-likeness (QED) is 0.805. The van der Waals surface area contributed by atoms with Crippen LogP contribution < -0.4 is 0 Å². The number of rotatable bonds is 4. The minimum Gasteiger partial charge on any atom is -0.464 e. The Hall–Kier alpha value is -2.17. The van der Waals surface area contributed by atoms with E-state index < -0.39 is 5.95 Å². The average molecular weight is 274 g/mol. The summed E-state index contributed by atoms with van der Waals surface area (Å²) in [5.74, 6) is 0.466. The Balaban J connectivity index is 1.84. The normalized spacial score (nSPS) is 14.3. The van der Waals surface area contributed by atoms with E-state index in [1.807, 2.05) is 19.1 Å². The topological polar surface area (TPSA) is 46.3 Å². The van der Waals surface area contributed by atoms with Gasteiger partial charge in [0, 0.05) is 12.2 Å². The maximum atomic E-state index is 13.6. The standard InChI is InChI=1S/C15H15FN2O2/c1-10-4-7-12(20-10)9-18(11-5-6-11)15(19)13-3-2-8-17-14(13)16/h2-4,7-8,11H,5-6,9H2,1H3. The van der Waals surface area contributed by atoms with Gasteiger partial charge in [-0.3, -0.25) is 4.79 Å². The summed E-state index contributed by atoms with van der Waals surface area (Å²) in [5, 5.41) is 0. The highest BCUT2D eigenvalue weighted by molar-refractivity contribution is 5.94. The SMILES string of the molecule is Cc1ccc(CN(C(=O)c2cccnc2F)C2CC2)o1. The molecule has 0 N–H and O–H groups in total. The summed E-state index contributed by atoms with van der Waals surface area (Å²) in [7, 11) is 0. The van der Waals surface area contributed by atoms with Gasteiger partial charge < -0.3 is 9.32 Å². The fraction of sp³-hybridized carbons (Fsp3) is 0.333. The summed E-state index contributed by atoms with van der Waals surface area (Å²) in [4.78, 5) is 17.7. The van der Waals surface area contributed by atoms with Gasteiger partial charge in [0.15, 0.2) is 0 Å². The van der Waals surface area contributed by atoms with E-state index in [2.05, 4.69) is 4.98 Å². The van der Waals surface area contributed by atoms with Crippen molar-refractivity contribution in [2.75, 3.05) is 0 Å². The van der Waals surface area contributed by atoms with E-state index in [0.717, 1.165) is 18.6 Å². The van der Waals surface area contributed by atoms with Crippen LogP contribution in [0.15, 0.2) is 34.9 Å². The fourth-order valence-electron chi connectivity index (χ4n) is 2.19. The van der Waals surface area contributed by atoms with E-state index in [-0.39, 0.29) is 17.5 Å². The van der Waals surface area contributed by atoms with E-state index in [4.69, 9.17) is 4.42 Å². The molecule has 0 bridgehead atoms. The third kappa shape index (κ3) is 2.57. The van der Waals surface area contributed by atoms with Gasteiger partial charge in [-0.15, -0.1) is 0 Å². The molecule has 0 spiro atoms. The summed E-state index contributed by atoms with van der Waals surface area (Å²) in [6, 6.07) is 6.91. The number of amides is 1. The molecule has 3 rings (SSSR count). The van der Waals surface area contributed by atoms with Crippen molar-refractivity contribution in [2.45, 2.75) is 32.4 Å². The van der Waals surface area contributed by atoms with Gasteiger partial charge in [-0.2, -0.15) is 4.39 Å². The molecule has 0 aromatic carbocycles. The monoisotopic (exact) mass is 274 g/mol. The summed E-state index contributed by atoms with van der Waals surface area (Å²) in [5.41, 5.74) is 0.0164. The van der Waals surface area contributed by atoms with Crippen LogP contribution in [0, 0.1) is 12.9 Å². The minimum absolute atomic E-state index is 0.0164. The van der Waals surface area contributed by atoms with Crippen molar-refractivity contribution in [1.82, 2.24) is 9.88 Å². The van der Waals surface area contributed by atoms with E-state index in [9.17, 15) is 9.18 Å². The Bertz CT molecular complexity index is 634. The molecule has 1 aliphatic carbocycles. The molecule has 2 aromatic rings. The average Bonchev–Trinajstić information content (AvgIpc) is 3.19. The first-order chi connectivity index (χ1) is 9.65. The second kappa shape index (κ2) is 5.07. The second-order valence-electron chi connectivity index (χ2n) is 5.02. The molecule has 104 valence electrons. The van der Waals surface area contributed by atoms with Gasteiger partial charge >= 0.3 is 0 Å². The molecule has 0 unspecified atom stereocenters. The maximum Gasteiger partial charge on any atom is 0.259 e. The lowest BCUT2D eigenvalue weighted by molar-refractivity contribution is 0.0711. The number of aromatic nitrogens is 1. The number of furan rings is 1. The van der Waals surface area contributed by atoms with Crippen molar-refractivity contribution >= 4 is 5.91 Å². The van der Waals surface area contributed by atoms with Crippen LogP contribution in [0.3, 0.4) is 0 Å². The van der Waals surface area contributed by atoms with Gasteiger partial charge in [0.1, 0.15) is 11.5 Å². The number of carbonyl (C=O) groups excluding carboxylic acids is 1. The molecule has 1 saturated carbocycles. The molecular formula is C15H15FN2O2. The maximum absolute atomic E-state index is 13.6. The van der Waals surface area contributed by atoms with Gasteiger partial charge in [-0.25, -0.2) is 4.98 Å². The molecule has 2 aromatic heterocycles. The highest BCUT2D eigenvalue weighted by Crippen LogP contribution is 2.30. The van der Waals surface area contributed by atoms with Crippen LogP contribution in [0.2, 0.25) is 0 Å². The van der Waals surface area contributed by atoms with Gasteiger partial charge in [-0.05, 0) is 44.0 Å². The largest absolute Gasteiger partial charge is 0.464 e. The number of carbonyl (C=O) groups is 1. The highest BCUT2D eigenvalue weighted by atomic mass is 19.1.